The second-order valence-electron chi connectivity index (χ2n) is 11.3. The molecule has 3 rings (SSSR count). The Morgan fingerprint density at radius 2 is 1.80 bits per heavy atom. The van der Waals surface area contributed by atoms with Crippen LogP contribution >= 0.6 is 0 Å². The van der Waals surface area contributed by atoms with Gasteiger partial charge in [-0.05, 0) is 55.9 Å². The molecule has 1 aliphatic heterocycles. The number of benzene rings is 2. The monoisotopic (exact) mass is 550 g/mol. The number of esters is 1. The van der Waals surface area contributed by atoms with Crippen molar-refractivity contribution in [2.75, 3.05) is 20.1 Å². The number of urea groups is 1. The van der Waals surface area contributed by atoms with Gasteiger partial charge in [-0.3, -0.25) is 14.9 Å². The van der Waals surface area contributed by atoms with Gasteiger partial charge < -0.3 is 19.9 Å². The van der Waals surface area contributed by atoms with Gasteiger partial charge in [0, 0.05) is 43.5 Å². The Hall–Kier alpha value is -4.21. The van der Waals surface area contributed by atoms with E-state index in [2.05, 4.69) is 26.1 Å². The summed E-state index contributed by atoms with van der Waals surface area (Å²) in [7, 11) is 1.70. The highest BCUT2D eigenvalue weighted by Gasteiger charge is 2.39. The van der Waals surface area contributed by atoms with Crippen molar-refractivity contribution in [1.82, 2.24) is 15.1 Å². The van der Waals surface area contributed by atoms with E-state index >= 15 is 0 Å². The molecule has 1 atom stereocenters. The molecule has 0 fully saturated rings. The van der Waals surface area contributed by atoms with E-state index in [-0.39, 0.29) is 29.1 Å². The standard InChI is InChI=1S/C30H38N4O6/c1-19(2)40-28(36)25-20(3)31-29(37)33(26(25)22-10-8-11-24(18-22)34(38)39)17-9-16-32(7)27(35)21-12-14-23(15-13-21)30(4,5)6/h8,10-15,18-19,26H,9,16-17H2,1-7H3,(H,31,37). The number of non-ortho nitro benzene ring substituents is 1. The lowest BCUT2D eigenvalue weighted by atomic mass is 9.86. The Balaban J connectivity index is 1.83. The van der Waals surface area contributed by atoms with Crippen LogP contribution in [0.4, 0.5) is 10.5 Å². The van der Waals surface area contributed by atoms with Gasteiger partial charge in [0.15, 0.2) is 0 Å². The molecular formula is C30H38N4O6. The summed E-state index contributed by atoms with van der Waals surface area (Å²) in [5, 5.41) is 14.2. The lowest BCUT2D eigenvalue weighted by molar-refractivity contribution is -0.384. The smallest absolute Gasteiger partial charge is 0.338 e. The van der Waals surface area contributed by atoms with Crippen LogP contribution in [0, 0.1) is 10.1 Å². The van der Waals surface area contributed by atoms with E-state index in [0.29, 0.717) is 29.8 Å². The number of rotatable bonds is 9. The number of nitro benzene ring substituents is 1. The second kappa shape index (κ2) is 12.3. The summed E-state index contributed by atoms with van der Waals surface area (Å²) in [6, 6.07) is 12.1. The highest BCUT2D eigenvalue weighted by molar-refractivity contribution is 5.95. The molecule has 1 unspecified atom stereocenters. The molecule has 0 aliphatic carbocycles. The Kier molecular flexibility index (Phi) is 9.34. The zero-order chi connectivity index (χ0) is 29.8. The minimum absolute atomic E-state index is 0.0224. The van der Waals surface area contributed by atoms with E-state index in [1.807, 2.05) is 24.3 Å². The number of amides is 3. The molecule has 1 aliphatic rings. The zero-order valence-corrected chi connectivity index (χ0v) is 24.2. The van der Waals surface area contributed by atoms with Crippen LogP contribution in [-0.4, -0.2) is 58.9 Å². The second-order valence-corrected chi connectivity index (χ2v) is 11.3. The molecule has 0 spiro atoms. The number of allylic oxidation sites excluding steroid dienone is 1. The van der Waals surface area contributed by atoms with Gasteiger partial charge in [0.2, 0.25) is 0 Å². The number of ether oxygens (including phenoxy) is 1. The topological polar surface area (TPSA) is 122 Å². The van der Waals surface area contributed by atoms with Crippen LogP contribution in [0.1, 0.15) is 75.5 Å². The van der Waals surface area contributed by atoms with Gasteiger partial charge in [-0.25, -0.2) is 9.59 Å². The van der Waals surface area contributed by atoms with Crippen molar-refractivity contribution < 1.29 is 24.0 Å². The maximum atomic E-state index is 13.2. The van der Waals surface area contributed by atoms with Crippen LogP contribution in [0.15, 0.2) is 59.8 Å². The quantitative estimate of drug-likeness (QED) is 0.255. The first-order valence-electron chi connectivity index (χ1n) is 13.3. The van der Waals surface area contributed by atoms with E-state index in [9.17, 15) is 24.5 Å². The lowest BCUT2D eigenvalue weighted by Crippen LogP contribution is -2.49. The SMILES string of the molecule is CC1=C(C(=O)OC(C)C)C(c2cccc([N+](=O)[O-])c2)N(CCCN(C)C(=O)c2ccc(C(C)(C)C)cc2)C(=O)N1. The van der Waals surface area contributed by atoms with Gasteiger partial charge in [0.1, 0.15) is 0 Å². The predicted octanol–water partition coefficient (Wildman–Crippen LogP) is 5.35. The van der Waals surface area contributed by atoms with Gasteiger partial charge in [0.25, 0.3) is 11.6 Å². The molecular weight excluding hydrogens is 512 g/mol. The van der Waals surface area contributed by atoms with Gasteiger partial charge in [0.05, 0.1) is 22.6 Å². The summed E-state index contributed by atoms with van der Waals surface area (Å²) in [6.45, 7) is 11.9. The van der Waals surface area contributed by atoms with E-state index in [4.69, 9.17) is 4.74 Å². The molecule has 2 aromatic carbocycles. The number of hydrogen-bond donors (Lipinski definition) is 1. The van der Waals surface area contributed by atoms with E-state index in [1.54, 1.807) is 38.8 Å². The Morgan fingerprint density at radius 3 is 2.38 bits per heavy atom. The summed E-state index contributed by atoms with van der Waals surface area (Å²) in [5.41, 5.74) is 2.48. The third-order valence-electron chi connectivity index (χ3n) is 6.74. The molecule has 10 heteroatoms. The fourth-order valence-corrected chi connectivity index (χ4v) is 4.62. The van der Waals surface area contributed by atoms with Crippen molar-refractivity contribution in [1.29, 1.82) is 0 Å². The van der Waals surface area contributed by atoms with Gasteiger partial charge >= 0.3 is 12.0 Å². The first kappa shape index (κ1) is 30.3. The fourth-order valence-electron chi connectivity index (χ4n) is 4.62. The van der Waals surface area contributed by atoms with Crippen molar-refractivity contribution in [3.8, 4) is 0 Å². The molecule has 1 heterocycles. The molecule has 0 saturated carbocycles. The van der Waals surface area contributed by atoms with Crippen molar-refractivity contribution in [3.63, 3.8) is 0 Å². The van der Waals surface area contributed by atoms with E-state index < -0.39 is 29.1 Å². The predicted molar refractivity (Wildman–Crippen MR) is 152 cm³/mol. The maximum absolute atomic E-state index is 13.2. The Labute approximate surface area is 235 Å². The lowest BCUT2D eigenvalue weighted by Gasteiger charge is -2.38. The minimum Gasteiger partial charge on any atom is -0.459 e. The number of carbonyl (C=O) groups excluding carboxylic acids is 3. The number of nitrogens with zero attached hydrogens (tertiary/aromatic N) is 3. The summed E-state index contributed by atoms with van der Waals surface area (Å²) in [4.78, 5) is 53.3. The third kappa shape index (κ3) is 7.05. The number of nitro groups is 1. The molecule has 0 aromatic heterocycles. The molecule has 0 radical (unpaired) electrons. The summed E-state index contributed by atoms with van der Waals surface area (Å²) >= 11 is 0. The van der Waals surface area contributed by atoms with E-state index in [0.717, 1.165) is 5.56 Å². The number of carbonyl (C=O) groups is 3. The van der Waals surface area contributed by atoms with Gasteiger partial charge in [-0.1, -0.05) is 45.0 Å². The zero-order valence-electron chi connectivity index (χ0n) is 24.2. The van der Waals surface area contributed by atoms with Crippen molar-refractivity contribution in [2.24, 2.45) is 0 Å². The average molecular weight is 551 g/mol. The maximum Gasteiger partial charge on any atom is 0.338 e. The van der Waals surface area contributed by atoms with Crippen LogP contribution in [0.5, 0.6) is 0 Å². The molecule has 1 N–H and O–H groups in total. The highest BCUT2D eigenvalue weighted by atomic mass is 16.6. The molecule has 10 nitrogen and oxygen atoms in total. The number of hydrogen-bond acceptors (Lipinski definition) is 6. The van der Waals surface area contributed by atoms with Crippen molar-refractivity contribution in [2.45, 2.75) is 65.5 Å². The van der Waals surface area contributed by atoms with E-state index in [1.165, 1.54) is 23.1 Å². The average Bonchev–Trinajstić information content (AvgIpc) is 2.88. The van der Waals surface area contributed by atoms with Gasteiger partial charge in [-0.15, -0.1) is 0 Å². The summed E-state index contributed by atoms with van der Waals surface area (Å²) in [6.07, 6.45) is 0.00830. The highest BCUT2D eigenvalue weighted by Crippen LogP contribution is 2.36. The molecule has 214 valence electrons. The van der Waals surface area contributed by atoms with Crippen LogP contribution < -0.4 is 5.32 Å². The normalized spacial score (nSPS) is 15.7. The first-order valence-corrected chi connectivity index (χ1v) is 13.3. The van der Waals surface area contributed by atoms with Crippen LogP contribution in [0.25, 0.3) is 0 Å². The number of nitrogens with one attached hydrogen (secondary N) is 1. The molecule has 2 aromatic rings. The Morgan fingerprint density at radius 1 is 1.15 bits per heavy atom. The van der Waals surface area contributed by atoms with Crippen LogP contribution in [0.3, 0.4) is 0 Å². The first-order chi connectivity index (χ1) is 18.7. The molecule has 0 bridgehead atoms. The largest absolute Gasteiger partial charge is 0.459 e. The molecule has 0 saturated heterocycles. The van der Waals surface area contributed by atoms with Gasteiger partial charge in [-0.2, -0.15) is 0 Å². The Bertz CT molecular complexity index is 1310. The van der Waals surface area contributed by atoms with Crippen LogP contribution in [-0.2, 0) is 14.9 Å². The summed E-state index contributed by atoms with van der Waals surface area (Å²) in [5.74, 6) is -0.754. The fraction of sp³-hybridized carbons (Fsp3) is 0.433. The van der Waals surface area contributed by atoms with Crippen molar-refractivity contribution >= 4 is 23.6 Å². The molecule has 40 heavy (non-hydrogen) atoms. The third-order valence-corrected chi connectivity index (χ3v) is 6.74. The summed E-state index contributed by atoms with van der Waals surface area (Å²) < 4.78 is 5.46. The van der Waals surface area contributed by atoms with Crippen molar-refractivity contribution in [3.05, 3.63) is 86.6 Å². The van der Waals surface area contributed by atoms with Crippen LogP contribution in [0.2, 0.25) is 0 Å². The minimum atomic E-state index is -0.897. The molecule has 3 amide bonds.